The van der Waals surface area contributed by atoms with E-state index in [0.29, 0.717) is 16.1 Å². The van der Waals surface area contributed by atoms with Gasteiger partial charge in [-0.1, -0.05) is 23.8 Å². The fourth-order valence-electron chi connectivity index (χ4n) is 2.29. The van der Waals surface area contributed by atoms with Crippen molar-refractivity contribution in [2.75, 3.05) is 25.5 Å². The fourth-order valence-corrected chi connectivity index (χ4v) is 2.65. The van der Waals surface area contributed by atoms with Crippen LogP contribution in [0.2, 0.25) is 5.02 Å². The molecule has 0 spiro atoms. The summed E-state index contributed by atoms with van der Waals surface area (Å²) in [6, 6.07) is 6.13. The highest BCUT2D eigenvalue weighted by Gasteiger charge is 2.17. The number of hydrogen-bond acceptors (Lipinski definition) is 3. The van der Waals surface area contributed by atoms with Gasteiger partial charge in [0.05, 0.1) is 10.7 Å². The zero-order valence-electron chi connectivity index (χ0n) is 10.4. The fraction of sp³-hybridized carbons (Fsp3) is 0.462. The van der Waals surface area contributed by atoms with Crippen molar-refractivity contribution >= 4 is 34.5 Å². The molecule has 1 aliphatic heterocycles. The van der Waals surface area contributed by atoms with Crippen LogP contribution in [-0.2, 0) is 0 Å². The van der Waals surface area contributed by atoms with Gasteiger partial charge in [0.15, 0.2) is 0 Å². The minimum atomic E-state index is 0.376. The quantitative estimate of drug-likeness (QED) is 0.837. The van der Waals surface area contributed by atoms with E-state index in [4.69, 9.17) is 29.6 Å². The first kappa shape index (κ1) is 13.6. The molecule has 18 heavy (non-hydrogen) atoms. The summed E-state index contributed by atoms with van der Waals surface area (Å²) in [5.41, 5.74) is 7.34. The van der Waals surface area contributed by atoms with Crippen molar-refractivity contribution in [1.82, 2.24) is 4.90 Å². The first-order valence-electron chi connectivity index (χ1n) is 6.10. The van der Waals surface area contributed by atoms with Gasteiger partial charge in [-0.3, -0.25) is 0 Å². The molecule has 1 aromatic rings. The number of halogens is 1. The molecule has 0 aliphatic carbocycles. The topological polar surface area (TPSA) is 41.3 Å². The monoisotopic (exact) mass is 283 g/mol. The van der Waals surface area contributed by atoms with E-state index >= 15 is 0 Å². The second-order valence-electron chi connectivity index (χ2n) is 4.80. The van der Waals surface area contributed by atoms with Crippen LogP contribution in [0.1, 0.15) is 18.4 Å². The van der Waals surface area contributed by atoms with E-state index in [2.05, 4.69) is 17.3 Å². The van der Waals surface area contributed by atoms with E-state index in [1.54, 1.807) is 0 Å². The molecule has 1 saturated heterocycles. The molecule has 0 radical (unpaired) electrons. The van der Waals surface area contributed by atoms with Crippen LogP contribution in [0.25, 0.3) is 0 Å². The Morgan fingerprint density at radius 1 is 1.56 bits per heavy atom. The first-order valence-corrected chi connectivity index (χ1v) is 6.89. The van der Waals surface area contributed by atoms with Crippen molar-refractivity contribution in [3.8, 4) is 0 Å². The molecular formula is C13H18ClN3S. The van der Waals surface area contributed by atoms with E-state index in [-0.39, 0.29) is 0 Å². The molecule has 1 fully saturated rings. The standard InChI is InChI=1S/C13H18ClN3S/c1-17-6-2-3-10(8-17)16-12-5-4-9(13(15)18)7-11(12)14/h4-5,7,10,16H,2-3,6,8H2,1H3,(H2,15,18). The van der Waals surface area contributed by atoms with Crippen molar-refractivity contribution in [2.45, 2.75) is 18.9 Å². The van der Waals surface area contributed by atoms with Crippen LogP contribution in [-0.4, -0.2) is 36.1 Å². The minimum Gasteiger partial charge on any atom is -0.389 e. The molecule has 0 saturated carbocycles. The molecule has 1 aliphatic rings. The maximum absolute atomic E-state index is 6.24. The normalized spacial score (nSPS) is 20.7. The van der Waals surface area contributed by atoms with Gasteiger partial charge in [-0.2, -0.15) is 0 Å². The second-order valence-corrected chi connectivity index (χ2v) is 5.65. The lowest BCUT2D eigenvalue weighted by Crippen LogP contribution is -2.39. The SMILES string of the molecule is CN1CCCC(Nc2ccc(C(N)=S)cc2Cl)C1. The summed E-state index contributed by atoms with van der Waals surface area (Å²) in [5, 5.41) is 4.16. The Morgan fingerprint density at radius 2 is 2.33 bits per heavy atom. The highest BCUT2D eigenvalue weighted by atomic mass is 35.5. The summed E-state index contributed by atoms with van der Waals surface area (Å²) in [4.78, 5) is 2.71. The van der Waals surface area contributed by atoms with Crippen molar-refractivity contribution < 1.29 is 0 Å². The Hall–Kier alpha value is -0.840. The van der Waals surface area contributed by atoms with Gasteiger partial charge in [-0.05, 0) is 44.6 Å². The number of rotatable bonds is 3. The van der Waals surface area contributed by atoms with Gasteiger partial charge in [-0.25, -0.2) is 0 Å². The van der Waals surface area contributed by atoms with Crippen LogP contribution < -0.4 is 11.1 Å². The van der Waals surface area contributed by atoms with Crippen LogP contribution in [0.4, 0.5) is 5.69 Å². The number of hydrogen-bond donors (Lipinski definition) is 2. The zero-order valence-corrected chi connectivity index (χ0v) is 12.0. The summed E-state index contributed by atoms with van der Waals surface area (Å²) >= 11 is 11.2. The number of nitrogens with two attached hydrogens (primary N) is 1. The Kier molecular flexibility index (Phi) is 4.43. The van der Waals surface area contributed by atoms with Crippen molar-refractivity contribution in [3.63, 3.8) is 0 Å². The summed E-state index contributed by atoms with van der Waals surface area (Å²) in [6.07, 6.45) is 2.40. The molecule has 0 aromatic heterocycles. The average molecular weight is 284 g/mol. The summed E-state index contributed by atoms with van der Waals surface area (Å²) in [7, 11) is 2.14. The third kappa shape index (κ3) is 3.34. The number of nitrogens with one attached hydrogen (secondary N) is 1. The molecule has 3 N–H and O–H groups in total. The van der Waals surface area contributed by atoms with Crippen LogP contribution in [0, 0.1) is 0 Å². The third-order valence-corrected chi connectivity index (χ3v) is 3.79. The Morgan fingerprint density at radius 3 is 2.94 bits per heavy atom. The van der Waals surface area contributed by atoms with Gasteiger partial charge in [-0.15, -0.1) is 0 Å². The molecule has 5 heteroatoms. The van der Waals surface area contributed by atoms with Crippen LogP contribution in [0.3, 0.4) is 0 Å². The number of piperidine rings is 1. The lowest BCUT2D eigenvalue weighted by molar-refractivity contribution is 0.261. The highest BCUT2D eigenvalue weighted by molar-refractivity contribution is 7.80. The van der Waals surface area contributed by atoms with Crippen LogP contribution in [0.5, 0.6) is 0 Å². The lowest BCUT2D eigenvalue weighted by atomic mass is 10.1. The summed E-state index contributed by atoms with van der Waals surface area (Å²) in [6.45, 7) is 2.22. The van der Waals surface area contributed by atoms with Gasteiger partial charge >= 0.3 is 0 Å². The van der Waals surface area contributed by atoms with E-state index in [1.165, 1.54) is 19.4 Å². The lowest BCUT2D eigenvalue weighted by Gasteiger charge is -2.31. The van der Waals surface area contributed by atoms with Crippen molar-refractivity contribution in [3.05, 3.63) is 28.8 Å². The van der Waals surface area contributed by atoms with E-state index in [1.807, 2.05) is 18.2 Å². The largest absolute Gasteiger partial charge is 0.389 e. The molecular weight excluding hydrogens is 266 g/mol. The van der Waals surface area contributed by atoms with Gasteiger partial charge in [0.2, 0.25) is 0 Å². The molecule has 1 atom stereocenters. The predicted molar refractivity (Wildman–Crippen MR) is 81.5 cm³/mol. The van der Waals surface area contributed by atoms with Crippen molar-refractivity contribution in [1.29, 1.82) is 0 Å². The minimum absolute atomic E-state index is 0.376. The van der Waals surface area contributed by atoms with Gasteiger partial charge in [0.1, 0.15) is 4.99 Å². The second kappa shape index (κ2) is 5.87. The number of likely N-dealkylation sites (tertiary alicyclic amines) is 1. The molecule has 1 unspecified atom stereocenters. The van der Waals surface area contributed by atoms with Crippen LogP contribution in [0.15, 0.2) is 18.2 Å². The summed E-state index contributed by atoms with van der Waals surface area (Å²) in [5.74, 6) is 0. The molecule has 1 aromatic carbocycles. The first-order chi connectivity index (χ1) is 8.56. The Labute approximate surface area is 118 Å². The van der Waals surface area contributed by atoms with Gasteiger partial charge < -0.3 is 16.0 Å². The highest BCUT2D eigenvalue weighted by Crippen LogP contribution is 2.25. The van der Waals surface area contributed by atoms with Crippen molar-refractivity contribution in [2.24, 2.45) is 5.73 Å². The third-order valence-electron chi connectivity index (χ3n) is 3.24. The maximum atomic E-state index is 6.24. The Balaban J connectivity index is 2.07. The average Bonchev–Trinajstić information content (AvgIpc) is 2.31. The number of benzene rings is 1. The van der Waals surface area contributed by atoms with E-state index in [0.717, 1.165) is 17.8 Å². The van der Waals surface area contributed by atoms with Gasteiger partial charge in [0, 0.05) is 18.2 Å². The molecule has 98 valence electrons. The molecule has 0 amide bonds. The molecule has 3 nitrogen and oxygen atoms in total. The number of nitrogens with zero attached hydrogens (tertiary/aromatic N) is 1. The number of likely N-dealkylation sites (N-methyl/N-ethyl adjacent to an activating group) is 1. The Bertz CT molecular complexity index is 450. The van der Waals surface area contributed by atoms with E-state index in [9.17, 15) is 0 Å². The number of anilines is 1. The predicted octanol–water partition coefficient (Wildman–Crippen LogP) is 2.48. The maximum Gasteiger partial charge on any atom is 0.104 e. The molecule has 2 rings (SSSR count). The van der Waals surface area contributed by atoms with Crippen LogP contribution >= 0.6 is 23.8 Å². The summed E-state index contributed by atoms with van der Waals surface area (Å²) < 4.78 is 0. The molecule has 1 heterocycles. The van der Waals surface area contributed by atoms with E-state index < -0.39 is 0 Å². The smallest absolute Gasteiger partial charge is 0.104 e. The molecule has 0 bridgehead atoms. The van der Waals surface area contributed by atoms with Gasteiger partial charge in [0.25, 0.3) is 0 Å². The number of thiocarbonyl (C=S) groups is 1. The zero-order chi connectivity index (χ0) is 13.1.